The number of aromatic amines is 1. The van der Waals surface area contributed by atoms with Gasteiger partial charge in [-0.3, -0.25) is 9.89 Å². The molecule has 0 radical (unpaired) electrons. The van der Waals surface area contributed by atoms with Crippen molar-refractivity contribution < 1.29 is 23.1 Å². The number of hydrogen-bond donors (Lipinski definition) is 2. The molecule has 0 atom stereocenters. The van der Waals surface area contributed by atoms with Gasteiger partial charge in [-0.1, -0.05) is 11.6 Å². The second-order valence-corrected chi connectivity index (χ2v) is 4.27. The summed E-state index contributed by atoms with van der Waals surface area (Å²) in [6, 6.07) is 2.58. The molecule has 0 aliphatic rings. The first-order chi connectivity index (χ1) is 9.92. The smallest absolute Gasteiger partial charge is 0.356 e. The normalized spacial score (nSPS) is 10.3. The predicted octanol–water partition coefficient (Wildman–Crippen LogP) is 2.38. The summed E-state index contributed by atoms with van der Waals surface area (Å²) in [5.41, 5.74) is -0.248. The zero-order valence-corrected chi connectivity index (χ0v) is 11.3. The maximum absolute atomic E-state index is 13.1. The molecule has 1 amide bonds. The maximum atomic E-state index is 13.1. The third-order valence-corrected chi connectivity index (χ3v) is 2.79. The van der Waals surface area contributed by atoms with Crippen LogP contribution in [0.3, 0.4) is 0 Å². The van der Waals surface area contributed by atoms with Crippen molar-refractivity contribution in [3.8, 4) is 0 Å². The molecule has 0 unspecified atom stereocenters. The predicted molar refractivity (Wildman–Crippen MR) is 69.2 cm³/mol. The third-order valence-electron chi connectivity index (χ3n) is 2.48. The summed E-state index contributed by atoms with van der Waals surface area (Å²) in [6.07, 6.45) is 0. The van der Waals surface area contributed by atoms with Crippen LogP contribution in [0.1, 0.15) is 20.8 Å². The summed E-state index contributed by atoms with van der Waals surface area (Å²) in [6.45, 7) is 0. The second-order valence-electron chi connectivity index (χ2n) is 3.86. The average molecular weight is 316 g/mol. The maximum Gasteiger partial charge on any atom is 0.356 e. The first kappa shape index (κ1) is 14.9. The molecule has 6 nitrogen and oxygen atoms in total. The van der Waals surface area contributed by atoms with Crippen molar-refractivity contribution in [2.75, 3.05) is 12.4 Å². The molecular weight excluding hydrogens is 308 g/mol. The minimum absolute atomic E-state index is 0.00111. The van der Waals surface area contributed by atoms with E-state index in [1.807, 2.05) is 0 Å². The number of ether oxygens (including phenoxy) is 1. The van der Waals surface area contributed by atoms with Gasteiger partial charge in [0, 0.05) is 6.07 Å². The Morgan fingerprint density at radius 1 is 1.29 bits per heavy atom. The van der Waals surface area contributed by atoms with E-state index < -0.39 is 23.5 Å². The summed E-state index contributed by atoms with van der Waals surface area (Å²) in [5.74, 6) is -3.84. The van der Waals surface area contributed by atoms with E-state index in [4.69, 9.17) is 11.6 Å². The summed E-state index contributed by atoms with van der Waals surface area (Å²) in [5, 5.41) is 8.02. The number of methoxy groups -OCH3 is 1. The molecule has 0 spiro atoms. The lowest BCUT2D eigenvalue weighted by Crippen LogP contribution is -2.13. The number of benzene rings is 1. The van der Waals surface area contributed by atoms with Gasteiger partial charge in [0.15, 0.2) is 17.5 Å². The summed E-state index contributed by atoms with van der Waals surface area (Å²) < 4.78 is 30.5. The third kappa shape index (κ3) is 3.16. The van der Waals surface area contributed by atoms with Crippen LogP contribution < -0.4 is 5.32 Å². The van der Waals surface area contributed by atoms with Crippen LogP contribution in [-0.4, -0.2) is 29.2 Å². The van der Waals surface area contributed by atoms with E-state index in [2.05, 4.69) is 20.3 Å². The Morgan fingerprint density at radius 2 is 1.95 bits per heavy atom. The number of amides is 1. The van der Waals surface area contributed by atoms with Gasteiger partial charge in [0.25, 0.3) is 5.91 Å². The van der Waals surface area contributed by atoms with Crippen molar-refractivity contribution in [2.45, 2.75) is 0 Å². The molecule has 0 bridgehead atoms. The van der Waals surface area contributed by atoms with Crippen LogP contribution in [0.4, 0.5) is 14.6 Å². The molecule has 1 heterocycles. The molecule has 110 valence electrons. The van der Waals surface area contributed by atoms with Gasteiger partial charge in [0.05, 0.1) is 17.7 Å². The Kier molecular flexibility index (Phi) is 4.18. The van der Waals surface area contributed by atoms with Crippen molar-refractivity contribution in [3.63, 3.8) is 0 Å². The number of H-pyrrole nitrogens is 1. The highest BCUT2D eigenvalue weighted by Crippen LogP contribution is 2.21. The molecule has 0 saturated heterocycles. The minimum atomic E-state index is -1.21. The van der Waals surface area contributed by atoms with Crippen LogP contribution in [0.5, 0.6) is 0 Å². The molecule has 9 heteroatoms. The molecular formula is C12H8ClF2N3O3. The van der Waals surface area contributed by atoms with E-state index >= 15 is 0 Å². The Hall–Kier alpha value is -2.48. The molecule has 2 aromatic rings. The fraction of sp³-hybridized carbons (Fsp3) is 0.0833. The van der Waals surface area contributed by atoms with Gasteiger partial charge in [-0.25, -0.2) is 13.6 Å². The monoisotopic (exact) mass is 315 g/mol. The van der Waals surface area contributed by atoms with E-state index in [0.717, 1.165) is 0 Å². The molecule has 1 aromatic carbocycles. The van der Waals surface area contributed by atoms with Crippen LogP contribution in [0.25, 0.3) is 0 Å². The highest BCUT2D eigenvalue weighted by atomic mass is 35.5. The van der Waals surface area contributed by atoms with Gasteiger partial charge in [-0.05, 0) is 12.1 Å². The van der Waals surface area contributed by atoms with Crippen LogP contribution in [0.15, 0.2) is 18.2 Å². The molecule has 0 aliphatic carbocycles. The minimum Gasteiger partial charge on any atom is -0.464 e. The largest absolute Gasteiger partial charge is 0.464 e. The fourth-order valence-electron chi connectivity index (χ4n) is 1.48. The zero-order valence-electron chi connectivity index (χ0n) is 10.5. The van der Waals surface area contributed by atoms with Crippen LogP contribution in [0, 0.1) is 11.6 Å². The van der Waals surface area contributed by atoms with Gasteiger partial charge in [0.2, 0.25) is 0 Å². The number of aromatic nitrogens is 2. The van der Waals surface area contributed by atoms with Crippen LogP contribution in [0.2, 0.25) is 5.02 Å². The fourth-order valence-corrected chi connectivity index (χ4v) is 1.72. The second kappa shape index (κ2) is 5.88. The molecule has 0 saturated carbocycles. The van der Waals surface area contributed by atoms with Crippen molar-refractivity contribution >= 4 is 29.3 Å². The van der Waals surface area contributed by atoms with Crippen LogP contribution in [-0.2, 0) is 4.74 Å². The molecule has 21 heavy (non-hydrogen) atoms. The topological polar surface area (TPSA) is 84.1 Å². The number of esters is 1. The van der Waals surface area contributed by atoms with E-state index in [9.17, 15) is 18.4 Å². The highest BCUT2D eigenvalue weighted by Gasteiger charge is 2.17. The number of anilines is 1. The van der Waals surface area contributed by atoms with E-state index in [-0.39, 0.29) is 22.1 Å². The SMILES string of the molecule is COC(=O)c1cc(NC(=O)c2cc(F)c(F)cc2Cl)n[nH]1. The molecule has 1 aromatic heterocycles. The van der Waals surface area contributed by atoms with Gasteiger partial charge in [-0.15, -0.1) is 0 Å². The molecule has 2 N–H and O–H groups in total. The summed E-state index contributed by atoms with van der Waals surface area (Å²) >= 11 is 5.67. The van der Waals surface area contributed by atoms with Gasteiger partial charge >= 0.3 is 5.97 Å². The summed E-state index contributed by atoms with van der Waals surface area (Å²) in [7, 11) is 1.18. The summed E-state index contributed by atoms with van der Waals surface area (Å²) in [4.78, 5) is 23.1. The Balaban J connectivity index is 2.20. The van der Waals surface area contributed by atoms with Crippen LogP contribution >= 0.6 is 11.6 Å². The quantitative estimate of drug-likeness (QED) is 0.673. The first-order valence-corrected chi connectivity index (χ1v) is 5.89. The Morgan fingerprint density at radius 3 is 2.62 bits per heavy atom. The standard InChI is InChI=1S/C12H8ClF2N3O3/c1-21-12(20)9-4-10(18-17-9)16-11(19)5-2-7(14)8(15)3-6(5)13/h2-4H,1H3,(H2,16,17,18,19). The Bertz CT molecular complexity index is 718. The number of hydrogen-bond acceptors (Lipinski definition) is 4. The molecule has 2 rings (SSSR count). The number of rotatable bonds is 3. The van der Waals surface area contributed by atoms with Gasteiger partial charge in [-0.2, -0.15) is 5.10 Å². The van der Waals surface area contributed by atoms with E-state index in [1.54, 1.807) is 0 Å². The number of halogens is 3. The lowest BCUT2D eigenvalue weighted by Gasteiger charge is -2.04. The lowest BCUT2D eigenvalue weighted by molar-refractivity contribution is 0.0594. The number of carbonyl (C=O) groups excluding carboxylic acids is 2. The number of carbonyl (C=O) groups is 2. The molecule has 0 fully saturated rings. The first-order valence-electron chi connectivity index (χ1n) is 5.52. The lowest BCUT2D eigenvalue weighted by atomic mass is 10.2. The van der Waals surface area contributed by atoms with Crippen molar-refractivity contribution in [3.05, 3.63) is 46.1 Å². The van der Waals surface area contributed by atoms with Gasteiger partial charge in [0.1, 0.15) is 5.69 Å². The number of nitrogens with one attached hydrogen (secondary N) is 2. The van der Waals surface area contributed by atoms with E-state index in [1.165, 1.54) is 13.2 Å². The van der Waals surface area contributed by atoms with Crippen molar-refractivity contribution in [2.24, 2.45) is 0 Å². The van der Waals surface area contributed by atoms with Crippen molar-refractivity contribution in [1.29, 1.82) is 0 Å². The molecule has 0 aliphatic heterocycles. The highest BCUT2D eigenvalue weighted by molar-refractivity contribution is 6.34. The van der Waals surface area contributed by atoms with E-state index in [0.29, 0.717) is 12.1 Å². The average Bonchev–Trinajstić information content (AvgIpc) is 2.90. The van der Waals surface area contributed by atoms with Crippen molar-refractivity contribution in [1.82, 2.24) is 10.2 Å². The zero-order chi connectivity index (χ0) is 15.6. The Labute approximate surface area is 122 Å². The number of nitrogens with zero attached hydrogens (tertiary/aromatic N) is 1. The van der Waals surface area contributed by atoms with Gasteiger partial charge < -0.3 is 10.1 Å².